The molecule has 1 atom stereocenters. The summed E-state index contributed by atoms with van der Waals surface area (Å²) in [4.78, 5) is 14.5. The second-order valence-corrected chi connectivity index (χ2v) is 5.45. The fraction of sp³-hybridized carbons (Fsp3) is 0.375. The number of hydrogen-bond donors (Lipinski definition) is 1. The van der Waals surface area contributed by atoms with Gasteiger partial charge < -0.3 is 5.32 Å². The summed E-state index contributed by atoms with van der Waals surface area (Å²) in [6.45, 7) is 1.59. The predicted molar refractivity (Wildman–Crippen MR) is 82.0 cm³/mol. The Hall–Kier alpha value is -2.14. The van der Waals surface area contributed by atoms with Crippen molar-refractivity contribution in [3.8, 4) is 0 Å². The van der Waals surface area contributed by atoms with Gasteiger partial charge in [-0.2, -0.15) is 5.10 Å². The van der Waals surface area contributed by atoms with E-state index in [-0.39, 0.29) is 11.9 Å². The summed E-state index contributed by atoms with van der Waals surface area (Å²) >= 11 is 0. The predicted octanol–water partition coefficient (Wildman–Crippen LogP) is 1.77. The molecule has 5 heteroatoms. The number of hydrogen-bond acceptors (Lipinski definition) is 3. The van der Waals surface area contributed by atoms with E-state index in [1.165, 1.54) is 5.56 Å². The first-order valence-electron chi connectivity index (χ1n) is 7.30. The minimum absolute atomic E-state index is 0.0860. The van der Waals surface area contributed by atoms with Crippen LogP contribution < -0.4 is 5.32 Å². The fourth-order valence-electron chi connectivity index (χ4n) is 2.77. The van der Waals surface area contributed by atoms with Crippen LogP contribution in [0.2, 0.25) is 0 Å². The molecule has 0 radical (unpaired) electrons. The second-order valence-electron chi connectivity index (χ2n) is 5.45. The number of carbonyl (C=O) groups is 1. The van der Waals surface area contributed by atoms with Crippen LogP contribution in [0.5, 0.6) is 0 Å². The standard InChI is InChI=1S/C16H20N4O/c1-19(11-12-20-10-4-9-17-20)15-8-7-13-5-2-3-6-14(13)18-16(15)21/h2-6,9-10,15H,7-8,11-12H2,1H3,(H,18,21). The molecule has 2 aromatic rings. The molecule has 2 heterocycles. The fourth-order valence-corrected chi connectivity index (χ4v) is 2.77. The third-order valence-electron chi connectivity index (χ3n) is 4.04. The Balaban J connectivity index is 1.64. The molecule has 0 bridgehead atoms. The van der Waals surface area contributed by atoms with Gasteiger partial charge in [-0.15, -0.1) is 0 Å². The lowest BCUT2D eigenvalue weighted by Gasteiger charge is -2.25. The summed E-state index contributed by atoms with van der Waals surface area (Å²) in [5, 5.41) is 7.24. The highest BCUT2D eigenvalue weighted by atomic mass is 16.2. The molecule has 1 aliphatic rings. The SMILES string of the molecule is CN(CCn1cccn1)C1CCc2ccccc2NC1=O. The van der Waals surface area contributed by atoms with E-state index in [1.807, 2.05) is 42.2 Å². The largest absolute Gasteiger partial charge is 0.324 e. The van der Waals surface area contributed by atoms with E-state index in [9.17, 15) is 4.79 Å². The van der Waals surface area contributed by atoms with E-state index in [0.29, 0.717) is 0 Å². The molecule has 21 heavy (non-hydrogen) atoms. The Bertz CT molecular complexity index is 608. The number of aryl methyl sites for hydroxylation is 1. The van der Waals surface area contributed by atoms with Gasteiger partial charge in [0, 0.05) is 24.6 Å². The number of para-hydroxylation sites is 1. The van der Waals surface area contributed by atoms with Gasteiger partial charge in [0.1, 0.15) is 0 Å². The van der Waals surface area contributed by atoms with Crippen LogP contribution in [0, 0.1) is 0 Å². The number of anilines is 1. The van der Waals surface area contributed by atoms with Crippen molar-refractivity contribution >= 4 is 11.6 Å². The molecular weight excluding hydrogens is 264 g/mol. The van der Waals surface area contributed by atoms with E-state index in [0.717, 1.165) is 31.6 Å². The van der Waals surface area contributed by atoms with Gasteiger partial charge >= 0.3 is 0 Å². The van der Waals surface area contributed by atoms with Crippen LogP contribution in [-0.2, 0) is 17.8 Å². The molecule has 5 nitrogen and oxygen atoms in total. The number of carbonyl (C=O) groups excluding carboxylic acids is 1. The third-order valence-corrected chi connectivity index (χ3v) is 4.04. The smallest absolute Gasteiger partial charge is 0.241 e. The maximum absolute atomic E-state index is 12.4. The molecule has 1 amide bonds. The molecule has 0 aliphatic carbocycles. The molecular formula is C16H20N4O. The van der Waals surface area contributed by atoms with Gasteiger partial charge in [0.15, 0.2) is 0 Å². The molecule has 1 unspecified atom stereocenters. The Morgan fingerprint density at radius 3 is 3.05 bits per heavy atom. The zero-order valence-corrected chi connectivity index (χ0v) is 12.2. The summed E-state index contributed by atoms with van der Waals surface area (Å²) in [6, 6.07) is 9.86. The van der Waals surface area contributed by atoms with Crippen molar-refractivity contribution in [2.45, 2.75) is 25.4 Å². The Morgan fingerprint density at radius 2 is 2.24 bits per heavy atom. The zero-order chi connectivity index (χ0) is 14.7. The van der Waals surface area contributed by atoms with E-state index < -0.39 is 0 Å². The monoisotopic (exact) mass is 284 g/mol. The van der Waals surface area contributed by atoms with Gasteiger partial charge in [-0.1, -0.05) is 18.2 Å². The minimum atomic E-state index is -0.0898. The Labute approximate surface area is 124 Å². The minimum Gasteiger partial charge on any atom is -0.324 e. The molecule has 0 saturated heterocycles. The van der Waals surface area contributed by atoms with E-state index in [2.05, 4.69) is 21.4 Å². The molecule has 0 fully saturated rings. The average Bonchev–Trinajstić information content (AvgIpc) is 2.94. The first kappa shape index (κ1) is 13.8. The summed E-state index contributed by atoms with van der Waals surface area (Å²) < 4.78 is 1.89. The molecule has 1 aromatic heterocycles. The van der Waals surface area contributed by atoms with Gasteiger partial charge in [-0.3, -0.25) is 14.4 Å². The number of nitrogens with zero attached hydrogens (tertiary/aromatic N) is 3. The molecule has 1 N–H and O–H groups in total. The number of fused-ring (bicyclic) bond motifs is 1. The van der Waals surface area contributed by atoms with Gasteiger partial charge in [0.2, 0.25) is 5.91 Å². The van der Waals surface area contributed by atoms with Crippen LogP contribution in [0.15, 0.2) is 42.7 Å². The first-order chi connectivity index (χ1) is 10.2. The van der Waals surface area contributed by atoms with E-state index in [1.54, 1.807) is 6.20 Å². The van der Waals surface area contributed by atoms with Gasteiger partial charge in [-0.05, 0) is 37.6 Å². The van der Waals surface area contributed by atoms with Crippen LogP contribution in [0.3, 0.4) is 0 Å². The van der Waals surface area contributed by atoms with Crippen molar-refractivity contribution in [2.24, 2.45) is 0 Å². The number of rotatable bonds is 4. The topological polar surface area (TPSA) is 50.2 Å². The van der Waals surface area contributed by atoms with Crippen LogP contribution >= 0.6 is 0 Å². The Kier molecular flexibility index (Phi) is 4.01. The maximum Gasteiger partial charge on any atom is 0.241 e. The number of aromatic nitrogens is 2. The molecule has 1 aliphatic heterocycles. The summed E-state index contributed by atoms with van der Waals surface area (Å²) in [7, 11) is 2.00. The second kappa shape index (κ2) is 6.10. The lowest BCUT2D eigenvalue weighted by atomic mass is 10.1. The van der Waals surface area contributed by atoms with Gasteiger partial charge in [0.05, 0.1) is 12.6 Å². The highest BCUT2D eigenvalue weighted by molar-refractivity contribution is 5.96. The van der Waals surface area contributed by atoms with Crippen molar-refractivity contribution < 1.29 is 4.79 Å². The van der Waals surface area contributed by atoms with Crippen molar-refractivity contribution in [3.63, 3.8) is 0 Å². The van der Waals surface area contributed by atoms with Crippen LogP contribution in [0.4, 0.5) is 5.69 Å². The van der Waals surface area contributed by atoms with E-state index >= 15 is 0 Å². The quantitative estimate of drug-likeness (QED) is 0.931. The molecule has 0 saturated carbocycles. The van der Waals surface area contributed by atoms with Crippen molar-refractivity contribution in [1.82, 2.24) is 14.7 Å². The highest BCUT2D eigenvalue weighted by Gasteiger charge is 2.26. The molecule has 3 rings (SSSR count). The summed E-state index contributed by atoms with van der Waals surface area (Å²) in [5.74, 6) is 0.0860. The normalized spacial score (nSPS) is 18.2. The van der Waals surface area contributed by atoms with Crippen molar-refractivity contribution in [1.29, 1.82) is 0 Å². The van der Waals surface area contributed by atoms with Crippen molar-refractivity contribution in [3.05, 3.63) is 48.3 Å². The van der Waals surface area contributed by atoms with Crippen LogP contribution in [-0.4, -0.2) is 40.2 Å². The number of nitrogens with one attached hydrogen (secondary N) is 1. The number of benzene rings is 1. The lowest BCUT2D eigenvalue weighted by molar-refractivity contribution is -0.121. The van der Waals surface area contributed by atoms with E-state index in [4.69, 9.17) is 0 Å². The number of likely N-dealkylation sites (N-methyl/N-ethyl adjacent to an activating group) is 1. The van der Waals surface area contributed by atoms with Crippen LogP contribution in [0.1, 0.15) is 12.0 Å². The van der Waals surface area contributed by atoms with Gasteiger partial charge in [-0.25, -0.2) is 0 Å². The molecule has 0 spiro atoms. The highest BCUT2D eigenvalue weighted by Crippen LogP contribution is 2.23. The van der Waals surface area contributed by atoms with Crippen molar-refractivity contribution in [2.75, 3.05) is 18.9 Å². The summed E-state index contributed by atoms with van der Waals surface area (Å²) in [5.41, 5.74) is 2.17. The molecule has 1 aromatic carbocycles. The third kappa shape index (κ3) is 3.13. The van der Waals surface area contributed by atoms with Gasteiger partial charge in [0.25, 0.3) is 0 Å². The number of amides is 1. The lowest BCUT2D eigenvalue weighted by Crippen LogP contribution is -2.42. The average molecular weight is 284 g/mol. The zero-order valence-electron chi connectivity index (χ0n) is 12.2. The maximum atomic E-state index is 12.4. The first-order valence-corrected chi connectivity index (χ1v) is 7.30. The van der Waals surface area contributed by atoms with Crippen LogP contribution in [0.25, 0.3) is 0 Å². The summed E-state index contributed by atoms with van der Waals surface area (Å²) in [6.07, 6.45) is 5.48. The molecule has 110 valence electrons. The Morgan fingerprint density at radius 1 is 1.38 bits per heavy atom.